The molecule has 5 heterocycles. The molecule has 0 aliphatic carbocycles. The molecule has 2 aliphatic heterocycles. The van der Waals surface area contributed by atoms with Crippen LogP contribution in [0.5, 0.6) is 11.5 Å². The average molecular weight is 401 g/mol. The van der Waals surface area contributed by atoms with E-state index in [1.54, 1.807) is 22.0 Å². The van der Waals surface area contributed by atoms with E-state index in [1.807, 2.05) is 6.92 Å². The van der Waals surface area contributed by atoms with Gasteiger partial charge < -0.3 is 20.1 Å². The minimum absolute atomic E-state index is 0.0621. The highest BCUT2D eigenvalue weighted by Gasteiger charge is 2.52. The van der Waals surface area contributed by atoms with Gasteiger partial charge in [0.25, 0.3) is 5.92 Å². The predicted molar refractivity (Wildman–Crippen MR) is 99.3 cm³/mol. The molecule has 0 spiro atoms. The number of nitrogens with one attached hydrogen (secondary N) is 1. The first-order chi connectivity index (χ1) is 13.9. The summed E-state index contributed by atoms with van der Waals surface area (Å²) >= 11 is 0. The monoisotopic (exact) mass is 401 g/mol. The average Bonchev–Trinajstić information content (AvgIpc) is 3.25. The smallest absolute Gasteiger partial charge is 0.273 e. The van der Waals surface area contributed by atoms with Crippen molar-refractivity contribution in [3.8, 4) is 17.3 Å². The van der Waals surface area contributed by atoms with Crippen molar-refractivity contribution in [2.75, 3.05) is 23.4 Å². The first kappa shape index (κ1) is 17.6. The summed E-state index contributed by atoms with van der Waals surface area (Å²) in [5, 5.41) is 13.2. The number of anilines is 3. The summed E-state index contributed by atoms with van der Waals surface area (Å²) in [6.45, 7) is 1.94. The first-order valence-electron chi connectivity index (χ1n) is 9.02. The second-order valence-corrected chi connectivity index (χ2v) is 7.03. The highest BCUT2D eigenvalue weighted by atomic mass is 19.3. The molecule has 0 bridgehead atoms. The summed E-state index contributed by atoms with van der Waals surface area (Å²) in [7, 11) is 0. The third-order valence-electron chi connectivity index (χ3n) is 5.01. The molecule has 0 aromatic carbocycles. The topological polar surface area (TPSA) is 101 Å². The van der Waals surface area contributed by atoms with Gasteiger partial charge in [0.15, 0.2) is 23.1 Å². The second kappa shape index (κ2) is 6.26. The third kappa shape index (κ3) is 2.98. The van der Waals surface area contributed by atoms with Gasteiger partial charge in [0.2, 0.25) is 5.95 Å². The number of hydrogen-bond acceptors (Lipinski definition) is 8. The van der Waals surface area contributed by atoms with E-state index in [1.165, 1.54) is 18.5 Å². The van der Waals surface area contributed by atoms with Crippen LogP contribution in [0.15, 0.2) is 31.0 Å². The second-order valence-electron chi connectivity index (χ2n) is 7.03. The number of imidazole rings is 1. The number of nitrogens with zero attached hydrogens (tertiary/aromatic N) is 6. The normalized spacial score (nSPS) is 19.4. The summed E-state index contributed by atoms with van der Waals surface area (Å²) < 4.78 is 35.1. The lowest BCUT2D eigenvalue weighted by Gasteiger charge is -2.33. The zero-order valence-corrected chi connectivity index (χ0v) is 15.4. The molecule has 5 rings (SSSR count). The fraction of sp³-hybridized carbons (Fsp3) is 0.333. The van der Waals surface area contributed by atoms with Crippen LogP contribution in [0.2, 0.25) is 0 Å². The molecule has 2 aliphatic rings. The number of aromatic nitrogens is 5. The third-order valence-corrected chi connectivity index (χ3v) is 5.01. The fourth-order valence-electron chi connectivity index (χ4n) is 3.56. The Morgan fingerprint density at radius 2 is 2.10 bits per heavy atom. The molecule has 1 saturated heterocycles. The molecule has 9 nitrogen and oxygen atoms in total. The van der Waals surface area contributed by atoms with E-state index < -0.39 is 12.0 Å². The van der Waals surface area contributed by atoms with Crippen molar-refractivity contribution in [3.05, 3.63) is 36.7 Å². The molecule has 1 atom stereocenters. The number of aromatic hydroxyl groups is 1. The van der Waals surface area contributed by atoms with Crippen LogP contribution in [0.1, 0.15) is 12.1 Å². The Balaban J connectivity index is 1.41. The van der Waals surface area contributed by atoms with E-state index in [9.17, 15) is 13.9 Å². The van der Waals surface area contributed by atoms with Crippen molar-refractivity contribution in [1.29, 1.82) is 0 Å². The minimum atomic E-state index is -2.81. The summed E-state index contributed by atoms with van der Waals surface area (Å²) in [4.78, 5) is 18.4. The van der Waals surface area contributed by atoms with Gasteiger partial charge in [-0.25, -0.2) is 23.7 Å². The van der Waals surface area contributed by atoms with Gasteiger partial charge >= 0.3 is 0 Å². The highest BCUT2D eigenvalue weighted by molar-refractivity contribution is 5.62. The Morgan fingerprint density at radius 1 is 1.24 bits per heavy atom. The molecule has 0 amide bonds. The van der Waals surface area contributed by atoms with Crippen molar-refractivity contribution in [1.82, 2.24) is 24.5 Å². The van der Waals surface area contributed by atoms with Crippen LogP contribution in [0.4, 0.5) is 26.2 Å². The van der Waals surface area contributed by atoms with Crippen molar-refractivity contribution in [2.45, 2.75) is 25.3 Å². The minimum Gasteiger partial charge on any atom is -0.504 e. The SMILES string of the molecule is Cc1cn(-c2ncc(Nc3ncc4c(n3)N3CCC(F)(F)C3CO4)cc2O)cn1. The van der Waals surface area contributed by atoms with Crippen LogP contribution in [0, 0.1) is 6.92 Å². The standard InChI is InChI=1S/C18H17F2N7O2/c1-10-7-26(9-23-10)15-12(28)4-11(5-21-15)24-17-22-6-13-16(25-17)27-3-2-18(19,20)14(27)8-29-13/h4-7,9,14,28H,2-3,8H2,1H3,(H,22,24,25). The maximum Gasteiger partial charge on any atom is 0.273 e. The van der Waals surface area contributed by atoms with Gasteiger partial charge in [0, 0.05) is 25.2 Å². The molecule has 3 aromatic rings. The molecule has 2 N–H and O–H groups in total. The number of fused-ring (bicyclic) bond motifs is 3. The van der Waals surface area contributed by atoms with Gasteiger partial charge in [-0.1, -0.05) is 0 Å². The van der Waals surface area contributed by atoms with Crippen LogP contribution >= 0.6 is 0 Å². The van der Waals surface area contributed by atoms with Gasteiger partial charge in [0.05, 0.1) is 23.8 Å². The zero-order valence-electron chi connectivity index (χ0n) is 15.4. The fourth-order valence-corrected chi connectivity index (χ4v) is 3.56. The number of rotatable bonds is 3. The predicted octanol–water partition coefficient (Wildman–Crippen LogP) is 2.42. The largest absolute Gasteiger partial charge is 0.504 e. The molecular weight excluding hydrogens is 384 g/mol. The van der Waals surface area contributed by atoms with Crippen LogP contribution in [0.25, 0.3) is 5.82 Å². The first-order valence-corrected chi connectivity index (χ1v) is 9.02. The number of aryl methyl sites for hydroxylation is 1. The summed E-state index contributed by atoms with van der Waals surface area (Å²) in [6.07, 6.45) is 6.02. The van der Waals surface area contributed by atoms with Gasteiger partial charge in [0.1, 0.15) is 19.0 Å². The Kier molecular flexibility index (Phi) is 3.80. The van der Waals surface area contributed by atoms with Gasteiger partial charge in [-0.05, 0) is 6.92 Å². The van der Waals surface area contributed by atoms with E-state index in [2.05, 4.69) is 25.3 Å². The molecule has 1 fully saturated rings. The van der Waals surface area contributed by atoms with Gasteiger partial charge in [-0.3, -0.25) is 4.57 Å². The summed E-state index contributed by atoms with van der Waals surface area (Å²) in [5.41, 5.74) is 1.24. The van der Waals surface area contributed by atoms with Crippen LogP contribution in [-0.4, -0.2) is 54.7 Å². The quantitative estimate of drug-likeness (QED) is 0.690. The summed E-state index contributed by atoms with van der Waals surface area (Å²) in [5.74, 6) is -1.65. The number of pyridine rings is 1. The van der Waals surface area contributed by atoms with Crippen LogP contribution in [0.3, 0.4) is 0 Å². The number of ether oxygens (including phenoxy) is 1. The van der Waals surface area contributed by atoms with Crippen molar-refractivity contribution in [2.24, 2.45) is 0 Å². The van der Waals surface area contributed by atoms with Crippen molar-refractivity contribution < 1.29 is 18.6 Å². The molecular formula is C18H17F2N7O2. The number of alkyl halides is 2. The van der Waals surface area contributed by atoms with E-state index >= 15 is 0 Å². The highest BCUT2D eigenvalue weighted by Crippen LogP contribution is 2.43. The van der Waals surface area contributed by atoms with E-state index in [0.29, 0.717) is 23.1 Å². The summed E-state index contributed by atoms with van der Waals surface area (Å²) in [6, 6.07) is 0.449. The Labute approximate surface area is 164 Å². The Bertz CT molecular complexity index is 1090. The van der Waals surface area contributed by atoms with E-state index in [-0.39, 0.29) is 31.3 Å². The lowest BCUT2D eigenvalue weighted by atomic mass is 10.1. The molecule has 0 radical (unpaired) electrons. The molecule has 150 valence electrons. The molecule has 29 heavy (non-hydrogen) atoms. The molecule has 0 saturated carbocycles. The van der Waals surface area contributed by atoms with E-state index in [0.717, 1.165) is 5.69 Å². The molecule has 1 unspecified atom stereocenters. The van der Waals surface area contributed by atoms with Crippen molar-refractivity contribution in [3.63, 3.8) is 0 Å². The maximum atomic E-state index is 14.0. The van der Waals surface area contributed by atoms with E-state index in [4.69, 9.17) is 4.74 Å². The lowest BCUT2D eigenvalue weighted by molar-refractivity contribution is -0.0213. The zero-order chi connectivity index (χ0) is 20.2. The Hall–Kier alpha value is -3.50. The van der Waals surface area contributed by atoms with Crippen LogP contribution < -0.4 is 15.0 Å². The van der Waals surface area contributed by atoms with Crippen molar-refractivity contribution >= 4 is 17.5 Å². The number of hydrogen-bond donors (Lipinski definition) is 2. The molecule has 11 heteroatoms. The van der Waals surface area contributed by atoms with Gasteiger partial charge in [-0.2, -0.15) is 4.98 Å². The maximum absolute atomic E-state index is 14.0. The number of halogens is 2. The van der Waals surface area contributed by atoms with Crippen LogP contribution in [-0.2, 0) is 0 Å². The Morgan fingerprint density at radius 3 is 2.86 bits per heavy atom. The molecule has 3 aromatic heterocycles. The lowest BCUT2D eigenvalue weighted by Crippen LogP contribution is -2.46. The van der Waals surface area contributed by atoms with Gasteiger partial charge in [-0.15, -0.1) is 0 Å².